The average Bonchev–Trinajstić information content (AvgIpc) is 3.17. The van der Waals surface area contributed by atoms with Crippen molar-refractivity contribution in [3.63, 3.8) is 0 Å². The Morgan fingerprint density at radius 3 is 2.52 bits per heavy atom. The van der Waals surface area contributed by atoms with Crippen molar-refractivity contribution >= 4 is 27.9 Å². The molecule has 1 aliphatic rings. The van der Waals surface area contributed by atoms with Crippen molar-refractivity contribution in [2.45, 2.75) is 57.0 Å². The highest BCUT2D eigenvalue weighted by atomic mass is 32.2. The van der Waals surface area contributed by atoms with Crippen LogP contribution in [-0.4, -0.2) is 55.9 Å². The molecule has 3 amide bonds. The maximum atomic E-state index is 12.9. The summed E-state index contributed by atoms with van der Waals surface area (Å²) in [5.74, 6) is -1.60. The van der Waals surface area contributed by atoms with Crippen molar-refractivity contribution in [2.75, 3.05) is 13.2 Å². The second-order valence-electron chi connectivity index (χ2n) is 7.03. The zero-order valence-corrected chi connectivity index (χ0v) is 17.6. The first-order valence-electron chi connectivity index (χ1n) is 9.50. The zero-order valence-electron chi connectivity index (χ0n) is 16.8. The van der Waals surface area contributed by atoms with Crippen molar-refractivity contribution < 1.29 is 27.5 Å². The number of hydrogen-bond donors (Lipinski definition) is 2. The van der Waals surface area contributed by atoms with Gasteiger partial charge in [-0.2, -0.15) is 4.31 Å². The Labute approximate surface area is 170 Å². The molecule has 0 radical (unpaired) electrons. The van der Waals surface area contributed by atoms with E-state index in [0.717, 1.165) is 9.87 Å². The number of esters is 1. The van der Waals surface area contributed by atoms with Gasteiger partial charge in [-0.25, -0.2) is 13.2 Å². The Hall–Kier alpha value is -2.46. The van der Waals surface area contributed by atoms with Crippen LogP contribution in [0, 0.1) is 6.92 Å². The van der Waals surface area contributed by atoms with Gasteiger partial charge in [0.1, 0.15) is 6.04 Å². The van der Waals surface area contributed by atoms with Crippen molar-refractivity contribution in [3.8, 4) is 0 Å². The van der Waals surface area contributed by atoms with E-state index < -0.39 is 40.6 Å². The molecule has 0 aliphatic carbocycles. The Morgan fingerprint density at radius 1 is 1.24 bits per heavy atom. The summed E-state index contributed by atoms with van der Waals surface area (Å²) in [6.45, 7) is 5.04. The van der Waals surface area contributed by atoms with Gasteiger partial charge in [-0.1, -0.05) is 24.6 Å². The van der Waals surface area contributed by atoms with Crippen LogP contribution in [0.5, 0.6) is 0 Å². The summed E-state index contributed by atoms with van der Waals surface area (Å²) in [6.07, 6.45) is 1.51. The van der Waals surface area contributed by atoms with Gasteiger partial charge in [-0.15, -0.1) is 0 Å². The van der Waals surface area contributed by atoms with Gasteiger partial charge >= 0.3 is 12.0 Å². The number of sulfonamides is 1. The molecule has 2 N–H and O–H groups in total. The molecule has 1 aliphatic heterocycles. The molecule has 2 atom stereocenters. The first kappa shape index (κ1) is 22.8. The molecule has 1 saturated heterocycles. The second kappa shape index (κ2) is 9.84. The van der Waals surface area contributed by atoms with E-state index in [1.165, 1.54) is 12.1 Å². The number of rotatable bonds is 7. The number of carbonyl (C=O) groups excluding carboxylic acids is 3. The molecule has 0 bridgehead atoms. The summed E-state index contributed by atoms with van der Waals surface area (Å²) >= 11 is 0. The van der Waals surface area contributed by atoms with Gasteiger partial charge in [-0.05, 0) is 45.2 Å². The lowest BCUT2D eigenvalue weighted by Gasteiger charge is -2.22. The predicted octanol–water partition coefficient (Wildman–Crippen LogP) is 1.32. The van der Waals surface area contributed by atoms with Gasteiger partial charge < -0.3 is 10.1 Å². The van der Waals surface area contributed by atoms with Crippen LogP contribution in [0.1, 0.15) is 38.7 Å². The van der Waals surface area contributed by atoms with E-state index in [0.29, 0.717) is 19.3 Å². The fourth-order valence-electron chi connectivity index (χ4n) is 2.87. The highest BCUT2D eigenvalue weighted by molar-refractivity contribution is 7.89. The van der Waals surface area contributed by atoms with Crippen molar-refractivity contribution in [3.05, 3.63) is 29.8 Å². The number of benzene rings is 1. The number of ether oxygens (including phenoxy) is 1. The van der Waals surface area contributed by atoms with Gasteiger partial charge in [0.05, 0.1) is 4.90 Å². The van der Waals surface area contributed by atoms with Gasteiger partial charge in [0.2, 0.25) is 10.0 Å². The highest BCUT2D eigenvalue weighted by Gasteiger charge is 2.40. The maximum Gasteiger partial charge on any atom is 0.324 e. The van der Waals surface area contributed by atoms with E-state index in [1.807, 2.05) is 13.8 Å². The Kier molecular flexibility index (Phi) is 7.74. The summed E-state index contributed by atoms with van der Waals surface area (Å²) in [6, 6.07) is 4.58. The van der Waals surface area contributed by atoms with Crippen LogP contribution in [0.2, 0.25) is 0 Å². The van der Waals surface area contributed by atoms with Crippen LogP contribution in [0.4, 0.5) is 4.79 Å². The van der Waals surface area contributed by atoms with E-state index in [1.54, 1.807) is 19.1 Å². The van der Waals surface area contributed by atoms with E-state index >= 15 is 0 Å². The third kappa shape index (κ3) is 6.01. The predicted molar refractivity (Wildman–Crippen MR) is 105 cm³/mol. The molecule has 2 rings (SSSR count). The minimum Gasteiger partial charge on any atom is -0.454 e. The minimum absolute atomic E-state index is 0.0993. The number of imide groups is 1. The molecular weight excluding hydrogens is 398 g/mol. The number of nitrogens with zero attached hydrogens (tertiary/aromatic N) is 1. The molecular formula is C19H27N3O6S. The number of carbonyl (C=O) groups is 3. The fraction of sp³-hybridized carbons (Fsp3) is 0.526. The summed E-state index contributed by atoms with van der Waals surface area (Å²) < 4.78 is 31.8. The molecule has 0 spiro atoms. The fourth-order valence-corrected chi connectivity index (χ4v) is 4.51. The third-order valence-corrected chi connectivity index (χ3v) is 6.61. The van der Waals surface area contributed by atoms with Crippen LogP contribution in [0.15, 0.2) is 29.2 Å². The average molecular weight is 426 g/mol. The summed E-state index contributed by atoms with van der Waals surface area (Å²) in [7, 11) is -3.86. The van der Waals surface area contributed by atoms with Gasteiger partial charge in [0.25, 0.3) is 5.91 Å². The maximum absolute atomic E-state index is 12.9. The third-order valence-electron chi connectivity index (χ3n) is 4.69. The van der Waals surface area contributed by atoms with Gasteiger partial charge in [0.15, 0.2) is 6.61 Å². The normalized spacial score (nSPS) is 18.1. The van der Waals surface area contributed by atoms with Crippen molar-refractivity contribution in [1.82, 2.24) is 14.9 Å². The number of hydrogen-bond acceptors (Lipinski definition) is 6. The zero-order chi connectivity index (χ0) is 21.6. The molecule has 1 aromatic rings. The lowest BCUT2D eigenvalue weighted by molar-refractivity contribution is -0.151. The first-order valence-corrected chi connectivity index (χ1v) is 10.9. The number of urea groups is 1. The lowest BCUT2D eigenvalue weighted by atomic mass is 10.2. The van der Waals surface area contributed by atoms with Crippen LogP contribution < -0.4 is 10.6 Å². The second-order valence-corrected chi connectivity index (χ2v) is 8.92. The summed E-state index contributed by atoms with van der Waals surface area (Å²) in [5.41, 5.74) is 0.921. The van der Waals surface area contributed by atoms with Gasteiger partial charge in [0, 0.05) is 12.6 Å². The van der Waals surface area contributed by atoms with E-state index in [-0.39, 0.29) is 17.5 Å². The van der Waals surface area contributed by atoms with Crippen LogP contribution in [-0.2, 0) is 24.3 Å². The van der Waals surface area contributed by atoms with E-state index in [4.69, 9.17) is 4.74 Å². The number of aryl methyl sites for hydroxylation is 1. The van der Waals surface area contributed by atoms with Crippen molar-refractivity contribution in [2.24, 2.45) is 0 Å². The Balaban J connectivity index is 1.95. The SMILES string of the molecule is CC[C@H](C)NC(=O)NC(=O)COC(=O)[C@@H]1CCCN1S(=O)(=O)c1ccc(C)cc1. The topological polar surface area (TPSA) is 122 Å². The quantitative estimate of drug-likeness (QED) is 0.636. The first-order chi connectivity index (χ1) is 13.6. The molecule has 160 valence electrons. The smallest absolute Gasteiger partial charge is 0.324 e. The summed E-state index contributed by atoms with van der Waals surface area (Å²) in [4.78, 5) is 35.9. The largest absolute Gasteiger partial charge is 0.454 e. The lowest BCUT2D eigenvalue weighted by Crippen LogP contribution is -2.46. The molecule has 29 heavy (non-hydrogen) atoms. The molecule has 10 heteroatoms. The molecule has 9 nitrogen and oxygen atoms in total. The van der Waals surface area contributed by atoms with E-state index in [2.05, 4.69) is 10.6 Å². The molecule has 1 aromatic carbocycles. The Morgan fingerprint density at radius 2 is 1.90 bits per heavy atom. The highest BCUT2D eigenvalue weighted by Crippen LogP contribution is 2.27. The number of nitrogens with one attached hydrogen (secondary N) is 2. The van der Waals surface area contributed by atoms with E-state index in [9.17, 15) is 22.8 Å². The van der Waals surface area contributed by atoms with Gasteiger partial charge in [-0.3, -0.25) is 14.9 Å². The summed E-state index contributed by atoms with van der Waals surface area (Å²) in [5, 5.41) is 4.62. The minimum atomic E-state index is -3.86. The molecule has 1 fully saturated rings. The van der Waals surface area contributed by atoms with Crippen molar-refractivity contribution in [1.29, 1.82) is 0 Å². The monoisotopic (exact) mass is 425 g/mol. The molecule has 0 aromatic heterocycles. The Bertz CT molecular complexity index is 853. The molecule has 1 heterocycles. The standard InChI is InChI=1S/C19H27N3O6S/c1-4-14(3)20-19(25)21-17(23)12-28-18(24)16-6-5-11-22(16)29(26,27)15-9-7-13(2)8-10-15/h7-10,14,16H,4-6,11-12H2,1-3H3,(H2,20,21,23,25)/t14-,16-/m0/s1. The van der Waals surface area contributed by atoms with Crippen LogP contribution in [0.3, 0.4) is 0 Å². The van der Waals surface area contributed by atoms with Crippen LogP contribution >= 0.6 is 0 Å². The number of amides is 3. The van der Waals surface area contributed by atoms with Crippen LogP contribution in [0.25, 0.3) is 0 Å². The molecule has 0 saturated carbocycles. The molecule has 0 unspecified atom stereocenters.